The normalized spacial score (nSPS) is 12.5. The number of halogens is 1. The van der Waals surface area contributed by atoms with E-state index >= 15 is 0 Å². The van der Waals surface area contributed by atoms with Crippen LogP contribution in [0, 0.1) is 0 Å². The van der Waals surface area contributed by atoms with Gasteiger partial charge in [-0.05, 0) is 23.7 Å². The van der Waals surface area contributed by atoms with E-state index in [0.717, 1.165) is 0 Å². The van der Waals surface area contributed by atoms with E-state index in [0.29, 0.717) is 22.9 Å². The summed E-state index contributed by atoms with van der Waals surface area (Å²) >= 11 is 5.61. The molecule has 3 N–H and O–H groups in total. The molecule has 0 bridgehead atoms. The van der Waals surface area contributed by atoms with Crippen LogP contribution in [0.15, 0.2) is 28.7 Å². The maximum Gasteiger partial charge on any atom is 0.291 e. The van der Waals surface area contributed by atoms with Crippen LogP contribution in [0.2, 0.25) is 5.22 Å². The number of carbonyl (C=O) groups is 1. The SMILES string of the molecule is Nc1cc2c(cc1NC(=O)c1ccc(Cl)o1)OCO2. The number of hydrogen-bond acceptors (Lipinski definition) is 5. The Morgan fingerprint density at radius 3 is 2.68 bits per heavy atom. The maximum atomic E-state index is 11.9. The van der Waals surface area contributed by atoms with Gasteiger partial charge in [0.25, 0.3) is 5.91 Å². The topological polar surface area (TPSA) is 86.7 Å². The highest BCUT2D eigenvalue weighted by atomic mass is 35.5. The fourth-order valence-corrected chi connectivity index (χ4v) is 1.83. The molecular weight excluding hydrogens is 272 g/mol. The first kappa shape index (κ1) is 11.7. The number of nitrogens with one attached hydrogen (secondary N) is 1. The number of carbonyl (C=O) groups excluding carboxylic acids is 1. The van der Waals surface area contributed by atoms with E-state index in [1.54, 1.807) is 12.1 Å². The van der Waals surface area contributed by atoms with Gasteiger partial charge in [-0.1, -0.05) is 0 Å². The van der Waals surface area contributed by atoms with Crippen molar-refractivity contribution in [3.05, 3.63) is 35.2 Å². The first-order valence-electron chi connectivity index (χ1n) is 5.39. The average molecular weight is 281 g/mol. The molecule has 0 saturated carbocycles. The van der Waals surface area contributed by atoms with Crippen LogP contribution in [0.5, 0.6) is 11.5 Å². The molecule has 98 valence electrons. The summed E-state index contributed by atoms with van der Waals surface area (Å²) in [5, 5.41) is 2.76. The number of anilines is 2. The zero-order valence-corrected chi connectivity index (χ0v) is 10.4. The highest BCUT2D eigenvalue weighted by Crippen LogP contribution is 2.38. The lowest BCUT2D eigenvalue weighted by molar-refractivity contribution is 0.0997. The number of benzene rings is 1. The second kappa shape index (κ2) is 4.40. The molecule has 0 fully saturated rings. The fourth-order valence-electron chi connectivity index (χ4n) is 1.69. The zero-order chi connectivity index (χ0) is 13.4. The molecule has 6 nitrogen and oxygen atoms in total. The fraction of sp³-hybridized carbons (Fsp3) is 0.0833. The molecule has 0 aliphatic carbocycles. The number of amides is 1. The largest absolute Gasteiger partial charge is 0.454 e. The van der Waals surface area contributed by atoms with Crippen molar-refractivity contribution in [3.63, 3.8) is 0 Å². The summed E-state index contributed by atoms with van der Waals surface area (Å²) in [4.78, 5) is 11.9. The minimum Gasteiger partial charge on any atom is -0.454 e. The number of furan rings is 1. The van der Waals surface area contributed by atoms with Crippen molar-refractivity contribution in [2.75, 3.05) is 17.8 Å². The van der Waals surface area contributed by atoms with Crippen molar-refractivity contribution in [2.45, 2.75) is 0 Å². The third kappa shape index (κ3) is 2.17. The Morgan fingerprint density at radius 2 is 2.00 bits per heavy atom. The summed E-state index contributed by atoms with van der Waals surface area (Å²) in [6.07, 6.45) is 0. The summed E-state index contributed by atoms with van der Waals surface area (Å²) in [6.45, 7) is 0.139. The Labute approximate surface area is 113 Å². The Bertz CT molecular complexity index is 653. The summed E-state index contributed by atoms with van der Waals surface area (Å²) in [7, 11) is 0. The maximum absolute atomic E-state index is 11.9. The van der Waals surface area contributed by atoms with Gasteiger partial charge >= 0.3 is 0 Å². The van der Waals surface area contributed by atoms with E-state index in [2.05, 4.69) is 5.32 Å². The highest BCUT2D eigenvalue weighted by Gasteiger charge is 2.18. The van der Waals surface area contributed by atoms with Crippen molar-refractivity contribution in [3.8, 4) is 11.5 Å². The molecule has 1 aromatic carbocycles. The standard InChI is InChI=1S/C12H9ClN2O4/c13-11-2-1-8(19-11)12(16)15-7-4-10-9(3-6(7)14)17-5-18-10/h1-4H,5,14H2,(H,15,16). The van der Waals surface area contributed by atoms with Crippen LogP contribution >= 0.6 is 11.6 Å². The molecule has 1 amide bonds. The van der Waals surface area contributed by atoms with Gasteiger partial charge in [-0.2, -0.15) is 0 Å². The molecule has 3 rings (SSSR count). The summed E-state index contributed by atoms with van der Waals surface area (Å²) in [5.41, 5.74) is 6.61. The molecule has 1 aromatic heterocycles. The molecule has 2 aromatic rings. The van der Waals surface area contributed by atoms with Crippen molar-refractivity contribution in [1.82, 2.24) is 0 Å². The third-order valence-electron chi connectivity index (χ3n) is 2.59. The minimum atomic E-state index is -0.447. The molecular formula is C12H9ClN2O4. The molecule has 0 radical (unpaired) electrons. The average Bonchev–Trinajstić information content (AvgIpc) is 2.98. The first-order valence-corrected chi connectivity index (χ1v) is 5.77. The van der Waals surface area contributed by atoms with Crippen LogP contribution in [-0.4, -0.2) is 12.7 Å². The predicted molar refractivity (Wildman–Crippen MR) is 68.6 cm³/mol. The number of nitrogen functional groups attached to an aromatic ring is 1. The van der Waals surface area contributed by atoms with Gasteiger partial charge in [-0.25, -0.2) is 0 Å². The van der Waals surface area contributed by atoms with Crippen LogP contribution in [0.4, 0.5) is 11.4 Å². The number of rotatable bonds is 2. The van der Waals surface area contributed by atoms with Crippen LogP contribution < -0.4 is 20.5 Å². The van der Waals surface area contributed by atoms with Crippen LogP contribution in [0.25, 0.3) is 0 Å². The molecule has 0 unspecified atom stereocenters. The number of ether oxygens (including phenoxy) is 2. The molecule has 19 heavy (non-hydrogen) atoms. The van der Waals surface area contributed by atoms with Gasteiger partial charge in [0.2, 0.25) is 6.79 Å². The van der Waals surface area contributed by atoms with Crippen molar-refractivity contribution < 1.29 is 18.7 Å². The van der Waals surface area contributed by atoms with Crippen molar-refractivity contribution >= 4 is 28.9 Å². The number of hydrogen-bond donors (Lipinski definition) is 2. The highest BCUT2D eigenvalue weighted by molar-refractivity contribution is 6.29. The Morgan fingerprint density at radius 1 is 1.26 bits per heavy atom. The zero-order valence-electron chi connectivity index (χ0n) is 9.60. The lowest BCUT2D eigenvalue weighted by Gasteiger charge is -2.08. The van der Waals surface area contributed by atoms with E-state index < -0.39 is 5.91 Å². The molecule has 0 saturated heterocycles. The van der Waals surface area contributed by atoms with E-state index in [9.17, 15) is 4.79 Å². The molecule has 7 heteroatoms. The summed E-state index contributed by atoms with van der Waals surface area (Å²) < 4.78 is 15.4. The molecule has 0 spiro atoms. The minimum absolute atomic E-state index is 0.0991. The molecule has 2 heterocycles. The monoisotopic (exact) mass is 280 g/mol. The van der Waals surface area contributed by atoms with Gasteiger partial charge in [0.05, 0.1) is 11.4 Å². The van der Waals surface area contributed by atoms with Crippen LogP contribution in [0.3, 0.4) is 0 Å². The molecule has 1 aliphatic heterocycles. The van der Waals surface area contributed by atoms with E-state index in [4.69, 9.17) is 31.2 Å². The van der Waals surface area contributed by atoms with Gasteiger partial charge < -0.3 is 24.9 Å². The van der Waals surface area contributed by atoms with Gasteiger partial charge in [-0.15, -0.1) is 0 Å². The van der Waals surface area contributed by atoms with E-state index in [-0.39, 0.29) is 17.8 Å². The second-order valence-corrected chi connectivity index (χ2v) is 4.22. The summed E-state index contributed by atoms with van der Waals surface area (Å²) in [5.74, 6) is 0.734. The molecule has 1 aliphatic rings. The quantitative estimate of drug-likeness (QED) is 0.825. The van der Waals surface area contributed by atoms with Gasteiger partial charge in [-0.3, -0.25) is 4.79 Å². The Balaban J connectivity index is 1.85. The third-order valence-corrected chi connectivity index (χ3v) is 2.79. The summed E-state index contributed by atoms with van der Waals surface area (Å²) in [6, 6.07) is 6.15. The lowest BCUT2D eigenvalue weighted by Crippen LogP contribution is -2.12. The second-order valence-electron chi connectivity index (χ2n) is 3.85. The number of nitrogens with two attached hydrogens (primary N) is 1. The Kier molecular flexibility index (Phi) is 2.72. The van der Waals surface area contributed by atoms with Gasteiger partial charge in [0, 0.05) is 12.1 Å². The van der Waals surface area contributed by atoms with Gasteiger partial charge in [0.1, 0.15) is 0 Å². The van der Waals surface area contributed by atoms with E-state index in [1.807, 2.05) is 0 Å². The first-order chi connectivity index (χ1) is 9.13. The van der Waals surface area contributed by atoms with Crippen LogP contribution in [0.1, 0.15) is 10.6 Å². The van der Waals surface area contributed by atoms with Crippen molar-refractivity contribution in [1.29, 1.82) is 0 Å². The van der Waals surface area contributed by atoms with Gasteiger partial charge in [0.15, 0.2) is 22.5 Å². The lowest BCUT2D eigenvalue weighted by atomic mass is 10.2. The Hall–Kier alpha value is -2.34. The van der Waals surface area contributed by atoms with E-state index in [1.165, 1.54) is 12.1 Å². The predicted octanol–water partition coefficient (Wildman–Crippen LogP) is 2.50. The number of fused-ring (bicyclic) bond motifs is 1. The van der Waals surface area contributed by atoms with Crippen LogP contribution in [-0.2, 0) is 0 Å². The smallest absolute Gasteiger partial charge is 0.291 e. The van der Waals surface area contributed by atoms with Crippen molar-refractivity contribution in [2.24, 2.45) is 0 Å². The molecule has 0 atom stereocenters.